The van der Waals surface area contributed by atoms with Crippen molar-refractivity contribution in [1.82, 2.24) is 19.6 Å². The van der Waals surface area contributed by atoms with Gasteiger partial charge in [-0.15, -0.1) is 0 Å². The van der Waals surface area contributed by atoms with Crippen molar-refractivity contribution < 1.29 is 14.4 Å². The minimum atomic E-state index is -0.273. The van der Waals surface area contributed by atoms with Crippen molar-refractivity contribution in [2.45, 2.75) is 39.2 Å². The fourth-order valence-corrected chi connectivity index (χ4v) is 5.26. The minimum absolute atomic E-state index is 0.0485. The lowest BCUT2D eigenvalue weighted by Crippen LogP contribution is -2.44. The smallest absolute Gasteiger partial charge is 0.274 e. The number of amides is 3. The van der Waals surface area contributed by atoms with Gasteiger partial charge < -0.3 is 15.1 Å². The first-order valence-electron chi connectivity index (χ1n) is 12.9. The number of anilines is 1. The maximum atomic E-state index is 13.6. The number of aryl methyl sites for hydroxylation is 2. The average Bonchev–Trinajstić information content (AvgIpc) is 3.25. The monoisotopic (exact) mass is 499 g/mol. The molecule has 0 aliphatic carbocycles. The summed E-state index contributed by atoms with van der Waals surface area (Å²) in [7, 11) is 1.85. The largest absolute Gasteiger partial charge is 0.338 e. The van der Waals surface area contributed by atoms with Gasteiger partial charge in [0.15, 0.2) is 5.69 Å². The Balaban J connectivity index is 1.27. The number of aromatic nitrogens is 2. The fraction of sp³-hybridized carbons (Fsp3) is 0.379. The molecule has 0 radical (unpaired) electrons. The first-order valence-corrected chi connectivity index (χ1v) is 12.9. The number of fused-ring (bicyclic) bond motifs is 1. The first-order chi connectivity index (χ1) is 17.9. The van der Waals surface area contributed by atoms with Gasteiger partial charge in [-0.1, -0.05) is 48.0 Å². The Morgan fingerprint density at radius 1 is 1.00 bits per heavy atom. The SMILES string of the molecule is Cc1ccc(CC(=O)N2CCc3c(c(C(=O)N4CCC[C@H](C(=O)Nc5ccccc5)C4)nn3C)C2)cc1. The van der Waals surface area contributed by atoms with Gasteiger partial charge in [0.1, 0.15) is 0 Å². The van der Waals surface area contributed by atoms with Gasteiger partial charge in [-0.3, -0.25) is 19.1 Å². The van der Waals surface area contributed by atoms with Crippen LogP contribution in [0.1, 0.15) is 45.7 Å². The number of nitrogens with one attached hydrogen (secondary N) is 1. The summed E-state index contributed by atoms with van der Waals surface area (Å²) in [6.45, 7) is 3.96. The Bertz CT molecular complexity index is 1300. The molecule has 1 N–H and O–H groups in total. The van der Waals surface area contributed by atoms with Crippen LogP contribution in [0.2, 0.25) is 0 Å². The third-order valence-electron chi connectivity index (χ3n) is 7.39. The molecule has 3 heterocycles. The third-order valence-corrected chi connectivity index (χ3v) is 7.39. The van der Waals surface area contributed by atoms with Crippen LogP contribution < -0.4 is 5.32 Å². The highest BCUT2D eigenvalue weighted by molar-refractivity contribution is 5.96. The second-order valence-corrected chi connectivity index (χ2v) is 10.1. The highest BCUT2D eigenvalue weighted by Gasteiger charge is 2.34. The predicted octanol–water partition coefficient (Wildman–Crippen LogP) is 3.35. The highest BCUT2D eigenvalue weighted by atomic mass is 16.2. The van der Waals surface area contributed by atoms with E-state index in [1.54, 1.807) is 9.58 Å². The molecule has 1 fully saturated rings. The Hall–Kier alpha value is -3.94. The Kier molecular flexibility index (Phi) is 7.08. The van der Waals surface area contributed by atoms with Crippen molar-refractivity contribution in [2.75, 3.05) is 25.0 Å². The second-order valence-electron chi connectivity index (χ2n) is 10.1. The average molecular weight is 500 g/mol. The molecular formula is C29H33N5O3. The molecule has 1 aromatic heterocycles. The molecule has 8 nitrogen and oxygen atoms in total. The predicted molar refractivity (Wildman–Crippen MR) is 141 cm³/mol. The molecule has 1 saturated heterocycles. The van der Waals surface area contributed by atoms with E-state index in [1.807, 2.05) is 73.5 Å². The number of hydrogen-bond acceptors (Lipinski definition) is 4. The van der Waals surface area contributed by atoms with Crippen LogP contribution in [0.25, 0.3) is 0 Å². The minimum Gasteiger partial charge on any atom is -0.338 e. The number of nitrogens with zero attached hydrogens (tertiary/aromatic N) is 4. The molecule has 5 rings (SSSR count). The summed E-state index contributed by atoms with van der Waals surface area (Å²) in [6, 6.07) is 17.4. The summed E-state index contributed by atoms with van der Waals surface area (Å²) >= 11 is 0. The Morgan fingerprint density at radius 2 is 1.76 bits per heavy atom. The molecule has 0 bridgehead atoms. The fourth-order valence-electron chi connectivity index (χ4n) is 5.26. The van der Waals surface area contributed by atoms with Crippen molar-refractivity contribution in [3.05, 3.63) is 82.7 Å². The summed E-state index contributed by atoms with van der Waals surface area (Å²) in [5.74, 6) is -0.459. The van der Waals surface area contributed by atoms with E-state index in [2.05, 4.69) is 10.4 Å². The summed E-state index contributed by atoms with van der Waals surface area (Å²) in [5, 5.41) is 7.54. The number of para-hydroxylation sites is 1. The maximum Gasteiger partial charge on any atom is 0.274 e. The van der Waals surface area contributed by atoms with Crippen LogP contribution in [0.15, 0.2) is 54.6 Å². The van der Waals surface area contributed by atoms with Crippen LogP contribution in [0.4, 0.5) is 5.69 Å². The summed E-state index contributed by atoms with van der Waals surface area (Å²) < 4.78 is 1.77. The van der Waals surface area contributed by atoms with Gasteiger partial charge in [-0.05, 0) is 37.5 Å². The van der Waals surface area contributed by atoms with Crippen molar-refractivity contribution in [3.63, 3.8) is 0 Å². The summed E-state index contributed by atoms with van der Waals surface area (Å²) in [5.41, 5.74) is 5.12. The van der Waals surface area contributed by atoms with Crippen molar-refractivity contribution in [2.24, 2.45) is 13.0 Å². The van der Waals surface area contributed by atoms with Crippen LogP contribution in [-0.4, -0.2) is 56.9 Å². The topological polar surface area (TPSA) is 87.5 Å². The van der Waals surface area contributed by atoms with Gasteiger partial charge in [0.05, 0.1) is 12.3 Å². The number of rotatable bonds is 5. The molecule has 1 atom stereocenters. The van der Waals surface area contributed by atoms with Crippen LogP contribution in [0.3, 0.4) is 0 Å². The van der Waals surface area contributed by atoms with Gasteiger partial charge in [0, 0.05) is 56.6 Å². The maximum absolute atomic E-state index is 13.6. The molecule has 8 heteroatoms. The molecule has 0 spiro atoms. The number of carbonyl (C=O) groups excluding carboxylic acids is 3. The highest BCUT2D eigenvalue weighted by Crippen LogP contribution is 2.26. The van der Waals surface area contributed by atoms with E-state index >= 15 is 0 Å². The van der Waals surface area contributed by atoms with E-state index < -0.39 is 0 Å². The molecule has 3 aromatic rings. The molecule has 0 saturated carbocycles. The molecular weight excluding hydrogens is 466 g/mol. The number of benzene rings is 2. The van der Waals surface area contributed by atoms with Crippen LogP contribution >= 0.6 is 0 Å². The summed E-state index contributed by atoms with van der Waals surface area (Å²) in [4.78, 5) is 43.2. The van der Waals surface area contributed by atoms with E-state index in [9.17, 15) is 14.4 Å². The zero-order valence-electron chi connectivity index (χ0n) is 21.4. The Labute approximate surface area is 217 Å². The van der Waals surface area contributed by atoms with Gasteiger partial charge in [-0.2, -0.15) is 5.10 Å². The van der Waals surface area contributed by atoms with E-state index in [0.29, 0.717) is 44.7 Å². The van der Waals surface area contributed by atoms with E-state index in [0.717, 1.165) is 40.9 Å². The number of carbonyl (C=O) groups is 3. The van der Waals surface area contributed by atoms with E-state index in [4.69, 9.17) is 0 Å². The zero-order valence-corrected chi connectivity index (χ0v) is 21.4. The molecule has 3 amide bonds. The quantitative estimate of drug-likeness (QED) is 0.583. The van der Waals surface area contributed by atoms with Gasteiger partial charge in [0.2, 0.25) is 11.8 Å². The third kappa shape index (κ3) is 5.43. The van der Waals surface area contributed by atoms with Gasteiger partial charge in [-0.25, -0.2) is 0 Å². The van der Waals surface area contributed by atoms with E-state index in [-0.39, 0.29) is 23.6 Å². The molecule has 2 aromatic carbocycles. The number of likely N-dealkylation sites (tertiary alicyclic amines) is 1. The zero-order chi connectivity index (χ0) is 25.9. The van der Waals surface area contributed by atoms with Crippen LogP contribution in [0, 0.1) is 12.8 Å². The molecule has 192 valence electrons. The molecule has 2 aliphatic heterocycles. The lowest BCUT2D eigenvalue weighted by molar-refractivity contribution is -0.131. The van der Waals surface area contributed by atoms with Crippen LogP contribution in [-0.2, 0) is 36.0 Å². The number of piperidine rings is 1. The van der Waals surface area contributed by atoms with Crippen LogP contribution in [0.5, 0.6) is 0 Å². The van der Waals surface area contributed by atoms with Crippen molar-refractivity contribution >= 4 is 23.4 Å². The molecule has 0 unspecified atom stereocenters. The molecule has 37 heavy (non-hydrogen) atoms. The summed E-state index contributed by atoms with van der Waals surface area (Å²) in [6.07, 6.45) is 2.50. The second kappa shape index (κ2) is 10.6. The van der Waals surface area contributed by atoms with Crippen molar-refractivity contribution in [1.29, 1.82) is 0 Å². The lowest BCUT2D eigenvalue weighted by Gasteiger charge is -2.32. The standard InChI is InChI=1S/C29H33N5O3/c1-20-10-12-21(13-11-20)17-26(35)33-16-14-25-24(19-33)27(31-32(25)2)29(37)34-15-6-7-22(18-34)28(36)30-23-8-4-3-5-9-23/h3-5,8-13,22H,6-7,14-19H2,1-2H3,(H,30,36)/t22-/m0/s1. The van der Waals surface area contributed by atoms with Gasteiger partial charge in [0.25, 0.3) is 5.91 Å². The normalized spacial score (nSPS) is 17.3. The van der Waals surface area contributed by atoms with Crippen molar-refractivity contribution in [3.8, 4) is 0 Å². The number of hydrogen-bond donors (Lipinski definition) is 1. The Morgan fingerprint density at radius 3 is 2.51 bits per heavy atom. The van der Waals surface area contributed by atoms with E-state index in [1.165, 1.54) is 0 Å². The first kappa shape index (κ1) is 24.7. The molecule has 2 aliphatic rings. The van der Waals surface area contributed by atoms with Gasteiger partial charge >= 0.3 is 0 Å². The lowest BCUT2D eigenvalue weighted by atomic mass is 9.96.